The van der Waals surface area contributed by atoms with Crippen molar-refractivity contribution in [3.63, 3.8) is 0 Å². The minimum atomic E-state index is -4.66. The molecule has 2 aromatic rings. The van der Waals surface area contributed by atoms with E-state index in [2.05, 4.69) is 10.4 Å². The molecule has 1 amide bonds. The molecule has 1 saturated heterocycles. The van der Waals surface area contributed by atoms with Crippen LogP contribution in [0.5, 0.6) is 0 Å². The van der Waals surface area contributed by atoms with Crippen molar-refractivity contribution in [2.45, 2.75) is 6.18 Å². The highest BCUT2D eigenvalue weighted by Crippen LogP contribution is 2.38. The number of nitrogens with zero attached hydrogens (tertiary/aromatic N) is 2. The highest BCUT2D eigenvalue weighted by atomic mass is 19.4. The van der Waals surface area contributed by atoms with Crippen molar-refractivity contribution in [3.05, 3.63) is 41.6 Å². The number of halogens is 3. The number of anilines is 2. The van der Waals surface area contributed by atoms with E-state index in [0.29, 0.717) is 26.3 Å². The van der Waals surface area contributed by atoms with Gasteiger partial charge in [-0.05, 0) is 12.1 Å². The summed E-state index contributed by atoms with van der Waals surface area (Å²) in [4.78, 5) is 13.9. The Morgan fingerprint density at radius 1 is 1.21 bits per heavy atom. The van der Waals surface area contributed by atoms with Gasteiger partial charge in [-0.15, -0.1) is 0 Å². The summed E-state index contributed by atoms with van der Waals surface area (Å²) in [6, 6.07) is 8.04. The van der Waals surface area contributed by atoms with Crippen molar-refractivity contribution in [1.82, 2.24) is 10.2 Å². The Morgan fingerprint density at radius 3 is 2.50 bits per heavy atom. The Morgan fingerprint density at radius 2 is 1.88 bits per heavy atom. The van der Waals surface area contributed by atoms with Gasteiger partial charge in [0.15, 0.2) is 11.5 Å². The zero-order valence-electron chi connectivity index (χ0n) is 12.6. The van der Waals surface area contributed by atoms with Crippen LogP contribution in [0.25, 0.3) is 0 Å². The maximum atomic E-state index is 13.2. The molecule has 0 saturated carbocycles. The fourth-order valence-electron chi connectivity index (χ4n) is 2.44. The predicted octanol–water partition coefficient (Wildman–Crippen LogP) is 2.52. The van der Waals surface area contributed by atoms with E-state index in [1.165, 1.54) is 12.1 Å². The van der Waals surface area contributed by atoms with E-state index >= 15 is 0 Å². The first-order chi connectivity index (χ1) is 11.5. The largest absolute Gasteiger partial charge is 0.434 e. The van der Waals surface area contributed by atoms with Crippen LogP contribution >= 0.6 is 0 Å². The van der Waals surface area contributed by atoms with Crippen LogP contribution in [0.2, 0.25) is 0 Å². The molecular weight excluding hydrogens is 325 g/mol. The number of aromatic amines is 1. The Bertz CT molecular complexity index is 709. The van der Waals surface area contributed by atoms with Gasteiger partial charge in [-0.1, -0.05) is 18.2 Å². The molecule has 0 radical (unpaired) electrons. The van der Waals surface area contributed by atoms with Gasteiger partial charge in [-0.2, -0.15) is 18.3 Å². The molecule has 9 heteroatoms. The predicted molar refractivity (Wildman–Crippen MR) is 81.0 cm³/mol. The second-order valence-electron chi connectivity index (χ2n) is 5.21. The molecule has 1 aromatic carbocycles. The van der Waals surface area contributed by atoms with E-state index in [0.717, 1.165) is 0 Å². The number of ether oxygens (including phenoxy) is 1. The van der Waals surface area contributed by atoms with Gasteiger partial charge >= 0.3 is 6.18 Å². The molecule has 1 aromatic heterocycles. The monoisotopic (exact) mass is 340 g/mol. The number of carbonyl (C=O) groups excluding carboxylic acids is 1. The fourth-order valence-corrected chi connectivity index (χ4v) is 2.44. The molecule has 2 heterocycles. The molecule has 0 aliphatic carbocycles. The zero-order valence-corrected chi connectivity index (χ0v) is 12.6. The molecule has 2 N–H and O–H groups in total. The summed E-state index contributed by atoms with van der Waals surface area (Å²) < 4.78 is 44.8. The van der Waals surface area contributed by atoms with Crippen LogP contribution in [0.3, 0.4) is 0 Å². The Kier molecular flexibility index (Phi) is 4.43. The molecule has 1 aliphatic rings. The van der Waals surface area contributed by atoms with Crippen molar-refractivity contribution in [3.8, 4) is 0 Å². The summed E-state index contributed by atoms with van der Waals surface area (Å²) in [5.41, 5.74) is -1.17. The van der Waals surface area contributed by atoms with Gasteiger partial charge in [0.2, 0.25) is 0 Å². The first-order valence-corrected chi connectivity index (χ1v) is 7.31. The molecule has 1 aliphatic heterocycles. The first kappa shape index (κ1) is 16.3. The van der Waals surface area contributed by atoms with Crippen molar-refractivity contribution in [2.75, 3.05) is 36.5 Å². The number of alkyl halides is 3. The molecule has 0 atom stereocenters. The number of morpholine rings is 1. The van der Waals surface area contributed by atoms with Crippen LogP contribution < -0.4 is 10.2 Å². The summed E-state index contributed by atoms with van der Waals surface area (Å²) >= 11 is 0. The van der Waals surface area contributed by atoms with Crippen LogP contribution in [-0.2, 0) is 10.9 Å². The summed E-state index contributed by atoms with van der Waals surface area (Å²) in [5.74, 6) is -0.563. The molecule has 1 fully saturated rings. The maximum Gasteiger partial charge on any atom is 0.434 e. The Labute approximate surface area is 135 Å². The second kappa shape index (κ2) is 6.52. The smallest absolute Gasteiger partial charge is 0.378 e. The number of H-pyrrole nitrogens is 1. The van der Waals surface area contributed by atoms with Crippen molar-refractivity contribution < 1.29 is 22.7 Å². The SMILES string of the molecule is O=C(Nc1c(N2CCOCC2)n[nH]c1C(F)(F)F)c1ccccc1. The van der Waals surface area contributed by atoms with E-state index in [1.807, 2.05) is 5.10 Å². The van der Waals surface area contributed by atoms with E-state index in [1.54, 1.807) is 23.1 Å². The number of amides is 1. The Balaban J connectivity index is 1.94. The average molecular weight is 340 g/mol. The standard InChI is InChI=1S/C15H15F3N4O2/c16-15(17,18)12-11(19-14(23)10-4-2-1-3-5-10)13(21-20-12)22-6-8-24-9-7-22/h1-5H,6-9H2,(H,19,23)(H,20,21). The lowest BCUT2D eigenvalue weighted by Crippen LogP contribution is -2.37. The number of nitrogens with one attached hydrogen (secondary N) is 2. The van der Waals surface area contributed by atoms with Crippen LogP contribution in [0.15, 0.2) is 30.3 Å². The molecule has 6 nitrogen and oxygen atoms in total. The van der Waals surface area contributed by atoms with Crippen molar-refractivity contribution in [1.29, 1.82) is 0 Å². The quantitative estimate of drug-likeness (QED) is 0.901. The fraction of sp³-hybridized carbons (Fsp3) is 0.333. The maximum absolute atomic E-state index is 13.2. The molecule has 0 spiro atoms. The van der Waals surface area contributed by atoms with Gasteiger partial charge in [0, 0.05) is 18.7 Å². The lowest BCUT2D eigenvalue weighted by atomic mass is 10.2. The highest BCUT2D eigenvalue weighted by molar-refractivity contribution is 6.06. The van der Waals surface area contributed by atoms with Crippen molar-refractivity contribution in [2.24, 2.45) is 0 Å². The van der Waals surface area contributed by atoms with Gasteiger partial charge < -0.3 is 15.0 Å². The number of carbonyl (C=O) groups is 1. The first-order valence-electron chi connectivity index (χ1n) is 7.31. The van der Waals surface area contributed by atoms with E-state index in [-0.39, 0.29) is 17.1 Å². The zero-order chi connectivity index (χ0) is 17.2. The van der Waals surface area contributed by atoms with E-state index in [4.69, 9.17) is 4.74 Å². The van der Waals surface area contributed by atoms with E-state index < -0.39 is 17.8 Å². The van der Waals surface area contributed by atoms with Crippen LogP contribution in [0.4, 0.5) is 24.7 Å². The minimum absolute atomic E-state index is 0.0647. The summed E-state index contributed by atoms with van der Waals surface area (Å²) in [5, 5.41) is 8.10. The number of hydrogen-bond acceptors (Lipinski definition) is 4. The van der Waals surface area contributed by atoms with Crippen molar-refractivity contribution >= 4 is 17.4 Å². The molecule has 24 heavy (non-hydrogen) atoms. The summed E-state index contributed by atoms with van der Waals surface area (Å²) in [7, 11) is 0. The number of benzene rings is 1. The van der Waals surface area contributed by atoms with Gasteiger partial charge in [0.1, 0.15) is 5.69 Å². The number of rotatable bonds is 3. The second-order valence-corrected chi connectivity index (χ2v) is 5.21. The third-order valence-electron chi connectivity index (χ3n) is 3.62. The number of hydrogen-bond donors (Lipinski definition) is 2. The third kappa shape index (κ3) is 3.35. The lowest BCUT2D eigenvalue weighted by Gasteiger charge is -2.27. The number of aromatic nitrogens is 2. The normalized spacial score (nSPS) is 15.4. The molecule has 3 rings (SSSR count). The van der Waals surface area contributed by atoms with Crippen LogP contribution in [-0.4, -0.2) is 42.4 Å². The molecule has 0 bridgehead atoms. The average Bonchev–Trinajstić information content (AvgIpc) is 3.00. The molecule has 0 unspecified atom stereocenters. The molecular formula is C15H15F3N4O2. The molecule has 128 valence electrons. The summed E-state index contributed by atoms with van der Waals surface area (Å²) in [6.07, 6.45) is -4.66. The van der Waals surface area contributed by atoms with Gasteiger partial charge in [0.05, 0.1) is 13.2 Å². The van der Waals surface area contributed by atoms with Crippen LogP contribution in [0.1, 0.15) is 16.1 Å². The van der Waals surface area contributed by atoms with Crippen LogP contribution in [0, 0.1) is 0 Å². The lowest BCUT2D eigenvalue weighted by molar-refractivity contribution is -0.140. The van der Waals surface area contributed by atoms with Gasteiger partial charge in [0.25, 0.3) is 5.91 Å². The highest BCUT2D eigenvalue weighted by Gasteiger charge is 2.39. The van der Waals surface area contributed by atoms with E-state index in [9.17, 15) is 18.0 Å². The summed E-state index contributed by atoms with van der Waals surface area (Å²) in [6.45, 7) is 1.58. The van der Waals surface area contributed by atoms with Gasteiger partial charge in [-0.25, -0.2) is 0 Å². The topological polar surface area (TPSA) is 70.2 Å². The third-order valence-corrected chi connectivity index (χ3v) is 3.62. The van der Waals surface area contributed by atoms with Gasteiger partial charge in [-0.3, -0.25) is 9.89 Å². The minimum Gasteiger partial charge on any atom is -0.378 e. The Hall–Kier alpha value is -2.55.